The summed E-state index contributed by atoms with van der Waals surface area (Å²) >= 11 is 0. The molecule has 2 aliphatic heterocycles. The number of benzene rings is 1. The van der Waals surface area contributed by atoms with Crippen LogP contribution in [-0.2, 0) is 4.74 Å². The average molecular weight is 505 g/mol. The second-order valence-corrected chi connectivity index (χ2v) is 10.1. The largest absolute Gasteiger partial charge is 0.443 e. The van der Waals surface area contributed by atoms with Gasteiger partial charge in [0.05, 0.1) is 12.2 Å². The van der Waals surface area contributed by atoms with Crippen LogP contribution in [0.4, 0.5) is 15.0 Å². The van der Waals surface area contributed by atoms with E-state index >= 15 is 0 Å². The van der Waals surface area contributed by atoms with E-state index in [9.17, 15) is 14.0 Å². The van der Waals surface area contributed by atoms with E-state index in [4.69, 9.17) is 9.84 Å². The Hall–Kier alpha value is -4.21. The Morgan fingerprint density at radius 1 is 1.19 bits per heavy atom. The number of hydrogen-bond acceptors (Lipinski definition) is 6. The van der Waals surface area contributed by atoms with E-state index < -0.39 is 11.7 Å². The lowest BCUT2D eigenvalue weighted by Gasteiger charge is -2.26. The van der Waals surface area contributed by atoms with Gasteiger partial charge in [-0.25, -0.2) is 18.7 Å². The molecular formula is C27H29FN6O3. The molecule has 37 heavy (non-hydrogen) atoms. The molecule has 2 aliphatic rings. The number of aromatic nitrogens is 3. The number of carbonyl (C=O) groups excluding carboxylic acids is 2. The normalized spacial score (nSPS) is 17.7. The first kappa shape index (κ1) is 24.5. The summed E-state index contributed by atoms with van der Waals surface area (Å²) in [5.74, 6) is 0.0552. The Balaban J connectivity index is 1.32. The Morgan fingerprint density at radius 3 is 2.76 bits per heavy atom. The van der Waals surface area contributed by atoms with Gasteiger partial charge in [0.25, 0.3) is 5.91 Å². The zero-order valence-electron chi connectivity index (χ0n) is 21.0. The lowest BCUT2D eigenvalue weighted by molar-refractivity contribution is 0.0349. The standard InChI is InChI=1S/C27H29FN6O3/c1-27(2,3)37-26(36)32-14-11-20(12-15-32)30-25(35)22-17-29-23-9-10-24(31-34(22)23)33-13-5-8-21(33)18-6-4-7-19(28)16-18/h4,6-7,9-12,14,16-17,21H,5,8,13,15H2,1-3H3,(H,30,35)/t21-/m1/s1. The van der Waals surface area contributed by atoms with Gasteiger partial charge in [0, 0.05) is 25.0 Å². The molecule has 1 fully saturated rings. The highest BCUT2D eigenvalue weighted by Gasteiger charge is 2.28. The van der Waals surface area contributed by atoms with E-state index in [0.717, 1.165) is 24.9 Å². The molecule has 1 atom stereocenters. The van der Waals surface area contributed by atoms with Gasteiger partial charge in [0.1, 0.15) is 17.2 Å². The van der Waals surface area contributed by atoms with Crippen molar-refractivity contribution < 1.29 is 18.7 Å². The predicted octanol–water partition coefficient (Wildman–Crippen LogP) is 4.59. The van der Waals surface area contributed by atoms with Crippen molar-refractivity contribution in [1.82, 2.24) is 24.8 Å². The quantitative estimate of drug-likeness (QED) is 0.559. The summed E-state index contributed by atoms with van der Waals surface area (Å²) < 4.78 is 20.7. The monoisotopic (exact) mass is 504 g/mol. The smallest absolute Gasteiger partial charge is 0.414 e. The molecule has 1 saturated heterocycles. The first-order chi connectivity index (χ1) is 17.7. The summed E-state index contributed by atoms with van der Waals surface area (Å²) in [5, 5.41) is 7.57. The number of nitrogens with zero attached hydrogens (tertiary/aromatic N) is 5. The molecule has 0 aliphatic carbocycles. The molecule has 0 bridgehead atoms. The number of ether oxygens (including phenoxy) is 1. The van der Waals surface area contributed by atoms with Crippen LogP contribution in [0.1, 0.15) is 55.7 Å². The maximum atomic E-state index is 13.9. The van der Waals surface area contributed by atoms with Crippen LogP contribution in [0, 0.1) is 5.82 Å². The number of fused-ring (bicyclic) bond motifs is 1. The molecule has 10 heteroatoms. The third kappa shape index (κ3) is 5.32. The molecule has 0 radical (unpaired) electrons. The molecule has 2 aromatic heterocycles. The first-order valence-electron chi connectivity index (χ1n) is 12.2. The third-order valence-electron chi connectivity index (χ3n) is 6.19. The van der Waals surface area contributed by atoms with Crippen molar-refractivity contribution in [3.05, 3.63) is 83.7 Å². The minimum atomic E-state index is -0.593. The van der Waals surface area contributed by atoms with Crippen molar-refractivity contribution in [1.29, 1.82) is 0 Å². The highest BCUT2D eigenvalue weighted by molar-refractivity contribution is 5.94. The van der Waals surface area contributed by atoms with Gasteiger partial charge in [-0.15, -0.1) is 5.10 Å². The fourth-order valence-corrected chi connectivity index (χ4v) is 4.51. The number of imidazole rings is 1. The molecule has 0 spiro atoms. The first-order valence-corrected chi connectivity index (χ1v) is 12.2. The molecule has 4 heterocycles. The van der Waals surface area contributed by atoms with Gasteiger partial charge in [-0.05, 0) is 75.6 Å². The number of carbonyl (C=O) groups is 2. The second kappa shape index (κ2) is 9.68. The van der Waals surface area contributed by atoms with Crippen LogP contribution in [0.2, 0.25) is 0 Å². The molecule has 5 rings (SSSR count). The third-order valence-corrected chi connectivity index (χ3v) is 6.19. The van der Waals surface area contributed by atoms with Crippen molar-refractivity contribution in [2.24, 2.45) is 0 Å². The highest BCUT2D eigenvalue weighted by Crippen LogP contribution is 2.35. The Kier molecular flexibility index (Phi) is 6.41. The molecule has 9 nitrogen and oxygen atoms in total. The van der Waals surface area contributed by atoms with Gasteiger partial charge in [-0.2, -0.15) is 0 Å². The Bertz CT molecular complexity index is 1410. The second-order valence-electron chi connectivity index (χ2n) is 10.1. The summed E-state index contributed by atoms with van der Waals surface area (Å²) in [4.78, 5) is 33.2. The van der Waals surface area contributed by atoms with Crippen molar-refractivity contribution in [2.45, 2.75) is 45.3 Å². The van der Waals surface area contributed by atoms with E-state index in [1.54, 1.807) is 51.3 Å². The number of rotatable bonds is 4. The fourth-order valence-electron chi connectivity index (χ4n) is 4.51. The highest BCUT2D eigenvalue weighted by atomic mass is 19.1. The minimum absolute atomic E-state index is 0.00639. The van der Waals surface area contributed by atoms with Gasteiger partial charge in [0.2, 0.25) is 0 Å². The van der Waals surface area contributed by atoms with Gasteiger partial charge >= 0.3 is 6.09 Å². The Morgan fingerprint density at radius 2 is 2.03 bits per heavy atom. The number of nitrogens with one attached hydrogen (secondary N) is 1. The van der Waals surface area contributed by atoms with Crippen molar-refractivity contribution in [3.63, 3.8) is 0 Å². The van der Waals surface area contributed by atoms with E-state index in [2.05, 4.69) is 15.2 Å². The van der Waals surface area contributed by atoms with Crippen molar-refractivity contribution >= 4 is 23.5 Å². The Labute approximate surface area is 214 Å². The number of anilines is 1. The van der Waals surface area contributed by atoms with Crippen molar-refractivity contribution in [2.75, 3.05) is 18.0 Å². The maximum Gasteiger partial charge on any atom is 0.414 e. The van der Waals surface area contributed by atoms with Crippen LogP contribution in [0.25, 0.3) is 5.65 Å². The molecule has 192 valence electrons. The summed E-state index contributed by atoms with van der Waals surface area (Å²) in [6, 6.07) is 10.3. The van der Waals surface area contributed by atoms with E-state index in [1.807, 2.05) is 18.2 Å². The predicted molar refractivity (Wildman–Crippen MR) is 136 cm³/mol. The van der Waals surface area contributed by atoms with Crippen LogP contribution in [0.5, 0.6) is 0 Å². The van der Waals surface area contributed by atoms with Crippen LogP contribution in [0.15, 0.2) is 66.6 Å². The molecule has 0 unspecified atom stereocenters. The zero-order valence-corrected chi connectivity index (χ0v) is 21.0. The van der Waals surface area contributed by atoms with E-state index in [-0.39, 0.29) is 30.0 Å². The van der Waals surface area contributed by atoms with Crippen LogP contribution >= 0.6 is 0 Å². The lowest BCUT2D eigenvalue weighted by atomic mass is 10.0. The summed E-state index contributed by atoms with van der Waals surface area (Å²) in [6.07, 6.45) is 7.82. The molecule has 2 amide bonds. The summed E-state index contributed by atoms with van der Waals surface area (Å²) in [7, 11) is 0. The average Bonchev–Trinajstić information content (AvgIpc) is 3.50. The van der Waals surface area contributed by atoms with Crippen LogP contribution in [-0.4, -0.2) is 50.2 Å². The van der Waals surface area contributed by atoms with E-state index in [1.165, 1.54) is 21.7 Å². The topological polar surface area (TPSA) is 92.1 Å². The van der Waals surface area contributed by atoms with Gasteiger partial charge < -0.3 is 15.0 Å². The number of amides is 2. The molecule has 0 saturated carbocycles. The molecular weight excluding hydrogens is 475 g/mol. The van der Waals surface area contributed by atoms with Gasteiger partial charge in [-0.1, -0.05) is 12.1 Å². The number of halogens is 1. The molecule has 1 N–H and O–H groups in total. The SMILES string of the molecule is CC(C)(C)OC(=O)N1C=CC(NC(=O)c2cnc3ccc(N4CCC[C@@H]4c4cccc(F)c4)nn23)=CC1. The van der Waals surface area contributed by atoms with Crippen LogP contribution < -0.4 is 10.2 Å². The molecule has 3 aromatic rings. The maximum absolute atomic E-state index is 13.9. The fraction of sp³-hybridized carbons (Fsp3) is 0.333. The lowest BCUT2D eigenvalue weighted by Crippen LogP contribution is -2.35. The molecule has 1 aromatic carbocycles. The van der Waals surface area contributed by atoms with E-state index in [0.29, 0.717) is 17.2 Å². The zero-order chi connectivity index (χ0) is 26.2. The van der Waals surface area contributed by atoms with Gasteiger partial charge in [0.15, 0.2) is 11.3 Å². The number of allylic oxidation sites excluding steroid dienone is 1. The summed E-state index contributed by atoms with van der Waals surface area (Å²) in [6.45, 7) is 6.47. The van der Waals surface area contributed by atoms with Crippen LogP contribution in [0.3, 0.4) is 0 Å². The minimum Gasteiger partial charge on any atom is -0.443 e. The number of hydrogen-bond donors (Lipinski definition) is 1. The van der Waals surface area contributed by atoms with Gasteiger partial charge in [-0.3, -0.25) is 9.69 Å². The summed E-state index contributed by atoms with van der Waals surface area (Å²) in [5.41, 5.74) is 1.69. The van der Waals surface area contributed by atoms with Crippen molar-refractivity contribution in [3.8, 4) is 0 Å².